The molecule has 1 atom stereocenters. The third-order valence-corrected chi connectivity index (χ3v) is 4.20. The van der Waals surface area contributed by atoms with Gasteiger partial charge in [-0.3, -0.25) is 4.90 Å². The van der Waals surface area contributed by atoms with E-state index in [1.807, 2.05) is 12.1 Å². The highest BCUT2D eigenvalue weighted by molar-refractivity contribution is 5.48. The fraction of sp³-hybridized carbons (Fsp3) is 0.333. The molecule has 3 rings (SSSR count). The van der Waals surface area contributed by atoms with Crippen LogP contribution >= 0.6 is 0 Å². The van der Waals surface area contributed by atoms with E-state index in [1.165, 1.54) is 12.0 Å². The zero-order valence-corrected chi connectivity index (χ0v) is 13.0. The second kappa shape index (κ2) is 7.18. The zero-order chi connectivity index (χ0) is 15.2. The summed E-state index contributed by atoms with van der Waals surface area (Å²) < 4.78 is 0. The Bertz CT molecular complexity index is 597. The Kier molecular flexibility index (Phi) is 4.81. The van der Waals surface area contributed by atoms with E-state index in [-0.39, 0.29) is 0 Å². The van der Waals surface area contributed by atoms with E-state index < -0.39 is 0 Å². The lowest BCUT2D eigenvalue weighted by Crippen LogP contribution is -2.35. The number of anilines is 1. The van der Waals surface area contributed by atoms with Crippen LogP contribution in [0.4, 0.5) is 5.82 Å². The van der Waals surface area contributed by atoms with E-state index in [1.54, 1.807) is 12.5 Å². The van der Waals surface area contributed by atoms with Crippen LogP contribution < -0.4 is 4.90 Å². The number of aromatic nitrogens is 2. The molecular formula is C18H22N4. The molecule has 0 amide bonds. The topological polar surface area (TPSA) is 32.3 Å². The monoisotopic (exact) mass is 294 g/mol. The van der Waals surface area contributed by atoms with Crippen molar-refractivity contribution in [3.8, 4) is 0 Å². The van der Waals surface area contributed by atoms with Gasteiger partial charge in [-0.1, -0.05) is 42.5 Å². The van der Waals surface area contributed by atoms with Gasteiger partial charge >= 0.3 is 0 Å². The Morgan fingerprint density at radius 1 is 1.27 bits per heavy atom. The molecule has 1 aromatic heterocycles. The highest BCUT2D eigenvalue weighted by Gasteiger charge is 2.25. The normalized spacial score (nSPS) is 18.9. The van der Waals surface area contributed by atoms with Crippen molar-refractivity contribution < 1.29 is 0 Å². The smallest absolute Gasteiger partial charge is 0.131 e. The zero-order valence-electron chi connectivity index (χ0n) is 13.0. The number of rotatable bonds is 5. The molecule has 1 saturated heterocycles. The number of likely N-dealkylation sites (tertiary alicyclic amines) is 1. The van der Waals surface area contributed by atoms with Gasteiger partial charge < -0.3 is 4.90 Å². The van der Waals surface area contributed by atoms with Crippen molar-refractivity contribution in [2.45, 2.75) is 12.5 Å². The predicted molar refractivity (Wildman–Crippen MR) is 90.8 cm³/mol. The Balaban J connectivity index is 1.51. The average molecular weight is 294 g/mol. The maximum absolute atomic E-state index is 4.33. The first-order valence-corrected chi connectivity index (χ1v) is 7.76. The largest absolute Gasteiger partial charge is 0.355 e. The van der Waals surface area contributed by atoms with Crippen molar-refractivity contribution in [2.24, 2.45) is 0 Å². The number of benzene rings is 1. The van der Waals surface area contributed by atoms with Gasteiger partial charge in [0, 0.05) is 38.9 Å². The maximum Gasteiger partial charge on any atom is 0.131 e. The highest BCUT2D eigenvalue weighted by Crippen LogP contribution is 2.19. The van der Waals surface area contributed by atoms with Crippen LogP contribution in [0, 0.1) is 0 Å². The van der Waals surface area contributed by atoms with Crippen LogP contribution in [0.25, 0.3) is 6.08 Å². The van der Waals surface area contributed by atoms with E-state index >= 15 is 0 Å². The lowest BCUT2D eigenvalue weighted by molar-refractivity contribution is 0.371. The number of hydrogen-bond donors (Lipinski definition) is 0. The molecule has 0 radical (unpaired) electrons. The number of nitrogens with zero attached hydrogens (tertiary/aromatic N) is 4. The highest BCUT2D eigenvalue weighted by atomic mass is 15.3. The van der Waals surface area contributed by atoms with Crippen LogP contribution in [0.15, 0.2) is 55.0 Å². The van der Waals surface area contributed by atoms with E-state index in [0.717, 1.165) is 25.5 Å². The molecule has 2 aromatic rings. The summed E-state index contributed by atoms with van der Waals surface area (Å²) in [6.07, 6.45) is 9.04. The van der Waals surface area contributed by atoms with Gasteiger partial charge in [-0.2, -0.15) is 0 Å². The van der Waals surface area contributed by atoms with Crippen LogP contribution in [0.2, 0.25) is 0 Å². The van der Waals surface area contributed by atoms with Gasteiger partial charge in [-0.25, -0.2) is 9.97 Å². The van der Waals surface area contributed by atoms with Crippen molar-refractivity contribution in [3.05, 3.63) is 60.6 Å². The Morgan fingerprint density at radius 2 is 2.14 bits per heavy atom. The van der Waals surface area contributed by atoms with Gasteiger partial charge in [-0.15, -0.1) is 0 Å². The summed E-state index contributed by atoms with van der Waals surface area (Å²) in [5.74, 6) is 1.00. The first-order valence-electron chi connectivity index (χ1n) is 7.76. The summed E-state index contributed by atoms with van der Waals surface area (Å²) in [7, 11) is 2.12. The van der Waals surface area contributed by atoms with Crippen LogP contribution in [0.3, 0.4) is 0 Å². The second-order valence-electron chi connectivity index (χ2n) is 5.69. The molecule has 1 fully saturated rings. The Hall–Kier alpha value is -2.20. The predicted octanol–water partition coefficient (Wildman–Crippen LogP) is 2.70. The molecule has 4 heteroatoms. The summed E-state index contributed by atoms with van der Waals surface area (Å²) in [6.45, 7) is 3.22. The number of hydrogen-bond acceptors (Lipinski definition) is 4. The van der Waals surface area contributed by atoms with Crippen molar-refractivity contribution in [1.82, 2.24) is 14.9 Å². The molecule has 2 heterocycles. The summed E-state index contributed by atoms with van der Waals surface area (Å²) in [5, 5.41) is 0. The van der Waals surface area contributed by atoms with Crippen LogP contribution in [-0.4, -0.2) is 47.6 Å². The molecule has 114 valence electrons. The van der Waals surface area contributed by atoms with E-state index in [0.29, 0.717) is 6.04 Å². The lowest BCUT2D eigenvalue weighted by atomic mass is 10.2. The summed E-state index contributed by atoms with van der Waals surface area (Å²) in [5.41, 5.74) is 1.26. The minimum atomic E-state index is 0.528. The molecule has 1 aliphatic rings. The van der Waals surface area contributed by atoms with E-state index in [2.05, 4.69) is 63.2 Å². The molecule has 22 heavy (non-hydrogen) atoms. The molecule has 0 aliphatic carbocycles. The standard InChI is InChI=1S/C18H22N4/c1-21(18-9-11-19-15-20-18)17-10-13-22(14-17)12-5-8-16-6-3-2-4-7-16/h2-9,11,15,17H,10,12-14H2,1H3/b8-5+. The summed E-state index contributed by atoms with van der Waals surface area (Å²) in [6, 6.07) is 13.0. The minimum absolute atomic E-state index is 0.528. The lowest BCUT2D eigenvalue weighted by Gasteiger charge is -2.25. The van der Waals surface area contributed by atoms with Crippen molar-refractivity contribution in [2.75, 3.05) is 31.6 Å². The van der Waals surface area contributed by atoms with Crippen molar-refractivity contribution in [1.29, 1.82) is 0 Å². The molecule has 0 N–H and O–H groups in total. The maximum atomic E-state index is 4.33. The molecule has 0 saturated carbocycles. The van der Waals surface area contributed by atoms with Crippen LogP contribution in [0.5, 0.6) is 0 Å². The minimum Gasteiger partial charge on any atom is -0.355 e. The average Bonchev–Trinajstić information content (AvgIpc) is 3.05. The fourth-order valence-electron chi connectivity index (χ4n) is 2.88. The molecule has 1 aromatic carbocycles. The van der Waals surface area contributed by atoms with Gasteiger partial charge in [0.1, 0.15) is 12.1 Å². The quantitative estimate of drug-likeness (QED) is 0.849. The van der Waals surface area contributed by atoms with Gasteiger partial charge in [-0.05, 0) is 18.1 Å². The van der Waals surface area contributed by atoms with Gasteiger partial charge in [0.15, 0.2) is 0 Å². The van der Waals surface area contributed by atoms with Crippen LogP contribution in [0.1, 0.15) is 12.0 Å². The first-order chi connectivity index (χ1) is 10.8. The first kappa shape index (κ1) is 14.7. The molecule has 1 unspecified atom stereocenters. The summed E-state index contributed by atoms with van der Waals surface area (Å²) >= 11 is 0. The van der Waals surface area contributed by atoms with Crippen molar-refractivity contribution in [3.63, 3.8) is 0 Å². The third-order valence-electron chi connectivity index (χ3n) is 4.20. The van der Waals surface area contributed by atoms with Gasteiger partial charge in [0.25, 0.3) is 0 Å². The fourth-order valence-corrected chi connectivity index (χ4v) is 2.88. The van der Waals surface area contributed by atoms with Gasteiger partial charge in [0.2, 0.25) is 0 Å². The van der Waals surface area contributed by atoms with Crippen LogP contribution in [-0.2, 0) is 0 Å². The van der Waals surface area contributed by atoms with E-state index in [9.17, 15) is 0 Å². The SMILES string of the molecule is CN(c1ccncn1)C1CCN(C/C=C/c2ccccc2)C1. The number of likely N-dealkylation sites (N-methyl/N-ethyl adjacent to an activating group) is 1. The molecule has 0 spiro atoms. The van der Waals surface area contributed by atoms with Gasteiger partial charge in [0.05, 0.1) is 0 Å². The molecule has 1 aliphatic heterocycles. The third kappa shape index (κ3) is 3.71. The second-order valence-corrected chi connectivity index (χ2v) is 5.69. The molecular weight excluding hydrogens is 272 g/mol. The van der Waals surface area contributed by atoms with E-state index in [4.69, 9.17) is 0 Å². The molecule has 0 bridgehead atoms. The van der Waals surface area contributed by atoms with Crippen molar-refractivity contribution >= 4 is 11.9 Å². The Morgan fingerprint density at radius 3 is 2.91 bits per heavy atom. The summed E-state index contributed by atoms with van der Waals surface area (Å²) in [4.78, 5) is 13.1. The molecule has 4 nitrogen and oxygen atoms in total. The Labute approximate surface area is 132 Å².